The van der Waals surface area contributed by atoms with Gasteiger partial charge in [0, 0.05) is 12.3 Å². The molecule has 0 radical (unpaired) electrons. The van der Waals surface area contributed by atoms with Crippen molar-refractivity contribution < 1.29 is 4.74 Å². The predicted molar refractivity (Wildman–Crippen MR) is 59.9 cm³/mol. The smallest absolute Gasteiger partial charge is 0.213 e. The zero-order valence-corrected chi connectivity index (χ0v) is 8.98. The van der Waals surface area contributed by atoms with Gasteiger partial charge in [0.2, 0.25) is 5.88 Å². The topological polar surface area (TPSA) is 34.1 Å². The molecule has 2 heterocycles. The summed E-state index contributed by atoms with van der Waals surface area (Å²) >= 11 is 0. The first-order valence-electron chi connectivity index (χ1n) is 5.70. The maximum Gasteiger partial charge on any atom is 0.213 e. The molecule has 0 unspecified atom stereocenters. The van der Waals surface area contributed by atoms with E-state index in [1.165, 1.54) is 12.8 Å². The van der Waals surface area contributed by atoms with Crippen LogP contribution in [0.5, 0.6) is 5.88 Å². The largest absolute Gasteiger partial charge is 0.478 e. The lowest BCUT2D eigenvalue weighted by molar-refractivity contribution is 0.245. The Morgan fingerprint density at radius 3 is 2.93 bits per heavy atom. The molecule has 3 heteroatoms. The van der Waals surface area contributed by atoms with Crippen LogP contribution in [0.25, 0.3) is 0 Å². The third-order valence-corrected chi connectivity index (χ3v) is 2.87. The van der Waals surface area contributed by atoms with E-state index in [9.17, 15) is 0 Å². The number of pyridine rings is 1. The second-order valence-corrected chi connectivity index (χ2v) is 4.00. The standard InChI is InChI=1S/C12H18N2O/c1-2-7-14-12(3-1)15-10-6-11-4-8-13-9-5-11/h1-3,7,11,13H,4-6,8-10H2. The van der Waals surface area contributed by atoms with Crippen LogP contribution in [0.3, 0.4) is 0 Å². The van der Waals surface area contributed by atoms with Gasteiger partial charge in [-0.15, -0.1) is 0 Å². The fraction of sp³-hybridized carbons (Fsp3) is 0.583. The van der Waals surface area contributed by atoms with Crippen LogP contribution in [-0.4, -0.2) is 24.7 Å². The molecule has 0 aromatic carbocycles. The molecule has 1 N–H and O–H groups in total. The van der Waals surface area contributed by atoms with Crippen molar-refractivity contribution in [1.82, 2.24) is 10.3 Å². The molecule has 2 rings (SSSR count). The van der Waals surface area contributed by atoms with Crippen LogP contribution in [0.15, 0.2) is 24.4 Å². The van der Waals surface area contributed by atoms with E-state index in [2.05, 4.69) is 10.3 Å². The van der Waals surface area contributed by atoms with Crippen molar-refractivity contribution in [2.75, 3.05) is 19.7 Å². The lowest BCUT2D eigenvalue weighted by Gasteiger charge is -2.22. The van der Waals surface area contributed by atoms with Crippen LogP contribution in [-0.2, 0) is 0 Å². The first-order valence-corrected chi connectivity index (χ1v) is 5.70. The van der Waals surface area contributed by atoms with Gasteiger partial charge in [0.05, 0.1) is 6.61 Å². The molecule has 15 heavy (non-hydrogen) atoms. The van der Waals surface area contributed by atoms with E-state index in [0.717, 1.165) is 37.9 Å². The van der Waals surface area contributed by atoms with Crippen molar-refractivity contribution >= 4 is 0 Å². The summed E-state index contributed by atoms with van der Waals surface area (Å²) < 4.78 is 5.58. The van der Waals surface area contributed by atoms with Gasteiger partial charge in [0.25, 0.3) is 0 Å². The summed E-state index contributed by atoms with van der Waals surface area (Å²) in [6.45, 7) is 3.12. The molecule has 1 aliphatic rings. The number of ether oxygens (including phenoxy) is 1. The van der Waals surface area contributed by atoms with Gasteiger partial charge in [-0.25, -0.2) is 4.98 Å². The minimum atomic E-state index is 0.742. The monoisotopic (exact) mass is 206 g/mol. The van der Waals surface area contributed by atoms with E-state index in [-0.39, 0.29) is 0 Å². The van der Waals surface area contributed by atoms with Crippen molar-refractivity contribution in [2.24, 2.45) is 5.92 Å². The van der Waals surface area contributed by atoms with E-state index in [0.29, 0.717) is 0 Å². The van der Waals surface area contributed by atoms with Gasteiger partial charge in [-0.05, 0) is 44.3 Å². The minimum Gasteiger partial charge on any atom is -0.478 e. The molecular weight excluding hydrogens is 188 g/mol. The Labute approximate surface area is 90.9 Å². The highest BCUT2D eigenvalue weighted by Crippen LogP contribution is 2.16. The van der Waals surface area contributed by atoms with Crippen LogP contribution in [0, 0.1) is 5.92 Å². The van der Waals surface area contributed by atoms with E-state index in [1.807, 2.05) is 18.2 Å². The molecule has 1 aliphatic heterocycles. The second kappa shape index (κ2) is 5.71. The summed E-state index contributed by atoms with van der Waals surface area (Å²) in [5.74, 6) is 1.57. The fourth-order valence-corrected chi connectivity index (χ4v) is 1.93. The van der Waals surface area contributed by atoms with Crippen LogP contribution < -0.4 is 10.1 Å². The van der Waals surface area contributed by atoms with E-state index in [1.54, 1.807) is 6.20 Å². The highest BCUT2D eigenvalue weighted by atomic mass is 16.5. The molecule has 0 saturated carbocycles. The number of hydrogen-bond acceptors (Lipinski definition) is 3. The first kappa shape index (κ1) is 10.4. The highest BCUT2D eigenvalue weighted by Gasteiger charge is 2.12. The summed E-state index contributed by atoms with van der Waals surface area (Å²) in [4.78, 5) is 4.13. The van der Waals surface area contributed by atoms with Gasteiger partial charge >= 0.3 is 0 Å². The summed E-state index contributed by atoms with van der Waals surface area (Å²) in [7, 11) is 0. The van der Waals surface area contributed by atoms with Crippen molar-refractivity contribution in [3.8, 4) is 5.88 Å². The zero-order valence-electron chi connectivity index (χ0n) is 8.98. The molecule has 1 aromatic heterocycles. The number of hydrogen-bond donors (Lipinski definition) is 1. The molecule has 1 fully saturated rings. The fourth-order valence-electron chi connectivity index (χ4n) is 1.93. The molecule has 1 aromatic rings. The van der Waals surface area contributed by atoms with Crippen LogP contribution >= 0.6 is 0 Å². The van der Waals surface area contributed by atoms with Crippen molar-refractivity contribution in [3.63, 3.8) is 0 Å². The van der Waals surface area contributed by atoms with Crippen LogP contribution in [0.2, 0.25) is 0 Å². The van der Waals surface area contributed by atoms with Gasteiger partial charge in [0.15, 0.2) is 0 Å². The number of piperidine rings is 1. The third-order valence-electron chi connectivity index (χ3n) is 2.87. The predicted octanol–water partition coefficient (Wildman–Crippen LogP) is 1.85. The summed E-state index contributed by atoms with van der Waals surface area (Å²) in [6.07, 6.45) is 5.48. The Bertz CT molecular complexity index is 270. The van der Waals surface area contributed by atoms with E-state index in [4.69, 9.17) is 4.74 Å². The summed E-state index contributed by atoms with van der Waals surface area (Å²) in [5, 5.41) is 3.37. The summed E-state index contributed by atoms with van der Waals surface area (Å²) in [5.41, 5.74) is 0. The second-order valence-electron chi connectivity index (χ2n) is 4.00. The normalized spacial score (nSPS) is 17.6. The SMILES string of the molecule is c1ccc(OCCC2CCNCC2)nc1. The maximum absolute atomic E-state index is 5.58. The Kier molecular flexibility index (Phi) is 3.97. The Hall–Kier alpha value is -1.09. The maximum atomic E-state index is 5.58. The highest BCUT2D eigenvalue weighted by molar-refractivity contribution is 5.08. The molecule has 1 saturated heterocycles. The molecule has 0 atom stereocenters. The first-order chi connectivity index (χ1) is 7.45. The van der Waals surface area contributed by atoms with Crippen molar-refractivity contribution in [3.05, 3.63) is 24.4 Å². The average molecular weight is 206 g/mol. The van der Waals surface area contributed by atoms with Gasteiger partial charge in [-0.3, -0.25) is 0 Å². The molecule has 0 amide bonds. The minimum absolute atomic E-state index is 0.742. The van der Waals surface area contributed by atoms with Gasteiger partial charge in [0.1, 0.15) is 0 Å². The average Bonchev–Trinajstić information content (AvgIpc) is 2.32. The molecule has 0 bridgehead atoms. The Balaban J connectivity index is 1.66. The lowest BCUT2D eigenvalue weighted by atomic mass is 9.95. The zero-order chi connectivity index (χ0) is 10.3. The molecule has 82 valence electrons. The van der Waals surface area contributed by atoms with Gasteiger partial charge in [-0.2, -0.15) is 0 Å². The quantitative estimate of drug-likeness (QED) is 0.816. The molecule has 0 aliphatic carbocycles. The van der Waals surface area contributed by atoms with Crippen molar-refractivity contribution in [2.45, 2.75) is 19.3 Å². The molecule has 3 nitrogen and oxygen atoms in total. The van der Waals surface area contributed by atoms with E-state index >= 15 is 0 Å². The number of nitrogens with one attached hydrogen (secondary N) is 1. The Morgan fingerprint density at radius 1 is 1.33 bits per heavy atom. The van der Waals surface area contributed by atoms with Crippen LogP contribution in [0.4, 0.5) is 0 Å². The van der Waals surface area contributed by atoms with Crippen molar-refractivity contribution in [1.29, 1.82) is 0 Å². The van der Waals surface area contributed by atoms with Gasteiger partial charge in [-0.1, -0.05) is 6.07 Å². The van der Waals surface area contributed by atoms with E-state index < -0.39 is 0 Å². The number of rotatable bonds is 4. The van der Waals surface area contributed by atoms with Crippen LogP contribution in [0.1, 0.15) is 19.3 Å². The molecular formula is C12H18N2O. The number of nitrogens with zero attached hydrogens (tertiary/aromatic N) is 1. The summed E-state index contributed by atoms with van der Waals surface area (Å²) in [6, 6.07) is 5.76. The number of aromatic nitrogens is 1. The lowest BCUT2D eigenvalue weighted by Crippen LogP contribution is -2.28. The molecule has 0 spiro atoms. The van der Waals surface area contributed by atoms with Gasteiger partial charge < -0.3 is 10.1 Å². The Morgan fingerprint density at radius 2 is 2.20 bits per heavy atom. The third kappa shape index (κ3) is 3.51.